The molecule has 0 rings (SSSR count). The Hall–Kier alpha value is -0.940. The molecule has 0 unspecified atom stereocenters. The van der Waals surface area contributed by atoms with Crippen LogP contribution in [0.3, 0.4) is 0 Å². The number of amides is 1. The number of carbonyl (C=O) groups is 2. The first kappa shape index (κ1) is 15.1. The van der Waals surface area contributed by atoms with Crippen molar-refractivity contribution < 1.29 is 14.8 Å². The Balaban J connectivity index is 3.81. The van der Waals surface area contributed by atoms with Crippen LogP contribution in [0.1, 0.15) is 33.1 Å². The van der Waals surface area contributed by atoms with Crippen molar-refractivity contribution in [3.63, 3.8) is 0 Å². The zero-order valence-electron chi connectivity index (χ0n) is 10.4. The molecule has 0 aromatic carbocycles. The predicted molar refractivity (Wildman–Crippen MR) is 61.2 cm³/mol. The van der Waals surface area contributed by atoms with Gasteiger partial charge < -0.3 is 0 Å². The van der Waals surface area contributed by atoms with Crippen molar-refractivity contribution in [2.24, 2.45) is 0 Å². The van der Waals surface area contributed by atoms with E-state index in [4.69, 9.17) is 0 Å². The number of likely N-dealkylation sites (N-methyl/N-ethyl adjacent to an activating group) is 1. The normalized spacial score (nSPS) is 10.6. The molecule has 94 valence electrons. The van der Waals surface area contributed by atoms with Gasteiger partial charge in [0, 0.05) is 6.42 Å². The summed E-state index contributed by atoms with van der Waals surface area (Å²) in [4.78, 5) is 24.0. The van der Waals surface area contributed by atoms with Gasteiger partial charge >= 0.3 is 0 Å². The highest BCUT2D eigenvalue weighted by Gasteiger charge is 2.13. The molecule has 0 aliphatic rings. The largest absolute Gasteiger partial charge is 0.300 e. The second-order valence-electron chi connectivity index (χ2n) is 4.06. The minimum absolute atomic E-state index is 0.0359. The lowest BCUT2D eigenvalue weighted by molar-refractivity contribution is -0.166. The highest BCUT2D eigenvalue weighted by molar-refractivity contribution is 5.79. The van der Waals surface area contributed by atoms with Crippen LogP contribution >= 0.6 is 0 Å². The minimum atomic E-state index is -0.361. The standard InChI is InChI=1S/C11H22N2O3/c1-4-5-7-12(3)9-11(15)13(16)8-6-10(2)14/h16H,4-9H2,1-3H3. The molecular weight excluding hydrogens is 208 g/mol. The third-order valence-corrected chi connectivity index (χ3v) is 2.26. The molecule has 0 radical (unpaired) electrons. The number of ketones is 1. The van der Waals surface area contributed by atoms with E-state index in [1.807, 2.05) is 11.9 Å². The summed E-state index contributed by atoms with van der Waals surface area (Å²) in [6.07, 6.45) is 2.30. The molecule has 16 heavy (non-hydrogen) atoms. The van der Waals surface area contributed by atoms with Crippen molar-refractivity contribution in [1.29, 1.82) is 0 Å². The van der Waals surface area contributed by atoms with Crippen LogP contribution < -0.4 is 0 Å². The molecule has 0 saturated heterocycles. The molecule has 0 aromatic heterocycles. The molecule has 0 heterocycles. The van der Waals surface area contributed by atoms with Gasteiger partial charge in [-0.1, -0.05) is 13.3 Å². The molecule has 5 heteroatoms. The number of hydroxylamine groups is 2. The fourth-order valence-corrected chi connectivity index (χ4v) is 1.21. The molecule has 0 fully saturated rings. The van der Waals surface area contributed by atoms with Gasteiger partial charge in [0.2, 0.25) is 0 Å². The summed E-state index contributed by atoms with van der Waals surface area (Å²) in [5, 5.41) is 9.97. The summed E-state index contributed by atoms with van der Waals surface area (Å²) in [6, 6.07) is 0. The first-order chi connectivity index (χ1) is 7.47. The topological polar surface area (TPSA) is 60.9 Å². The Morgan fingerprint density at radius 1 is 1.25 bits per heavy atom. The van der Waals surface area contributed by atoms with Gasteiger partial charge in [-0.3, -0.25) is 19.7 Å². The van der Waals surface area contributed by atoms with Gasteiger partial charge in [0.05, 0.1) is 13.1 Å². The van der Waals surface area contributed by atoms with Crippen molar-refractivity contribution >= 4 is 11.7 Å². The van der Waals surface area contributed by atoms with Crippen LogP contribution in [-0.4, -0.2) is 53.5 Å². The Kier molecular flexibility index (Phi) is 7.76. The van der Waals surface area contributed by atoms with Crippen LogP contribution in [0.5, 0.6) is 0 Å². The maximum atomic E-state index is 11.5. The molecule has 5 nitrogen and oxygen atoms in total. The van der Waals surface area contributed by atoms with Crippen LogP contribution in [-0.2, 0) is 9.59 Å². The molecule has 0 atom stereocenters. The van der Waals surface area contributed by atoms with Crippen LogP contribution in [0.15, 0.2) is 0 Å². The van der Waals surface area contributed by atoms with E-state index in [0.717, 1.165) is 19.4 Å². The quantitative estimate of drug-likeness (QED) is 0.497. The molecule has 0 bridgehead atoms. The van der Waals surface area contributed by atoms with Gasteiger partial charge in [0.15, 0.2) is 0 Å². The summed E-state index contributed by atoms with van der Waals surface area (Å²) in [6.45, 7) is 4.62. The Labute approximate surface area is 97.0 Å². The van der Waals surface area contributed by atoms with Gasteiger partial charge in [0.25, 0.3) is 5.91 Å². The van der Waals surface area contributed by atoms with Crippen molar-refractivity contribution in [3.05, 3.63) is 0 Å². The minimum Gasteiger partial charge on any atom is -0.300 e. The third kappa shape index (κ3) is 7.36. The van der Waals surface area contributed by atoms with Gasteiger partial charge in [-0.2, -0.15) is 0 Å². The van der Waals surface area contributed by atoms with Crippen molar-refractivity contribution in [2.75, 3.05) is 26.7 Å². The zero-order chi connectivity index (χ0) is 12.6. The molecule has 0 saturated carbocycles. The van der Waals surface area contributed by atoms with E-state index >= 15 is 0 Å². The van der Waals surface area contributed by atoms with Crippen LogP contribution in [0.2, 0.25) is 0 Å². The smallest absolute Gasteiger partial charge is 0.260 e. The van der Waals surface area contributed by atoms with E-state index < -0.39 is 0 Å². The molecule has 0 aliphatic heterocycles. The second kappa shape index (κ2) is 8.24. The molecule has 1 N–H and O–H groups in total. The van der Waals surface area contributed by atoms with Gasteiger partial charge in [0.1, 0.15) is 5.78 Å². The number of carbonyl (C=O) groups excluding carboxylic acids is 2. The molecule has 0 aromatic rings. The number of hydrogen-bond acceptors (Lipinski definition) is 4. The lowest BCUT2D eigenvalue weighted by Gasteiger charge is -2.19. The summed E-state index contributed by atoms with van der Waals surface area (Å²) in [7, 11) is 1.84. The number of rotatable bonds is 8. The SMILES string of the molecule is CCCCN(C)CC(=O)N(O)CCC(C)=O. The van der Waals surface area contributed by atoms with E-state index in [0.29, 0.717) is 5.06 Å². The highest BCUT2D eigenvalue weighted by Crippen LogP contribution is 1.95. The number of unbranched alkanes of at least 4 members (excludes halogenated alkanes) is 1. The van der Waals surface area contributed by atoms with Crippen molar-refractivity contribution in [2.45, 2.75) is 33.1 Å². The van der Waals surface area contributed by atoms with E-state index in [1.165, 1.54) is 6.92 Å². The van der Waals surface area contributed by atoms with Crippen LogP contribution in [0, 0.1) is 0 Å². The number of hydrogen-bond donors (Lipinski definition) is 1. The molecule has 0 aliphatic carbocycles. The number of Topliss-reactive ketones (excluding diaryl/α,β-unsaturated/α-hetero) is 1. The molecule has 1 amide bonds. The average molecular weight is 230 g/mol. The number of nitrogens with zero attached hydrogens (tertiary/aromatic N) is 2. The van der Waals surface area contributed by atoms with Gasteiger partial charge in [-0.15, -0.1) is 0 Å². The Bertz CT molecular complexity index is 231. The van der Waals surface area contributed by atoms with E-state index in [-0.39, 0.29) is 31.2 Å². The molecular formula is C11H22N2O3. The zero-order valence-corrected chi connectivity index (χ0v) is 10.4. The lowest BCUT2D eigenvalue weighted by atomic mass is 10.3. The predicted octanol–water partition coefficient (Wildman–Crippen LogP) is 0.915. The Morgan fingerprint density at radius 2 is 1.88 bits per heavy atom. The first-order valence-electron chi connectivity index (χ1n) is 5.64. The average Bonchev–Trinajstić information content (AvgIpc) is 2.22. The van der Waals surface area contributed by atoms with Crippen LogP contribution in [0.25, 0.3) is 0 Å². The maximum absolute atomic E-state index is 11.5. The fourth-order valence-electron chi connectivity index (χ4n) is 1.21. The summed E-state index contributed by atoms with van der Waals surface area (Å²) < 4.78 is 0. The lowest BCUT2D eigenvalue weighted by Crippen LogP contribution is -2.38. The van der Waals surface area contributed by atoms with Gasteiger partial charge in [-0.25, -0.2) is 5.06 Å². The highest BCUT2D eigenvalue weighted by atomic mass is 16.5. The van der Waals surface area contributed by atoms with Crippen LogP contribution in [0.4, 0.5) is 0 Å². The van der Waals surface area contributed by atoms with Crippen molar-refractivity contribution in [3.8, 4) is 0 Å². The summed E-state index contributed by atoms with van der Waals surface area (Å²) >= 11 is 0. The monoisotopic (exact) mass is 230 g/mol. The fraction of sp³-hybridized carbons (Fsp3) is 0.818. The Morgan fingerprint density at radius 3 is 2.38 bits per heavy atom. The van der Waals surface area contributed by atoms with Crippen molar-refractivity contribution in [1.82, 2.24) is 9.96 Å². The third-order valence-electron chi connectivity index (χ3n) is 2.26. The van der Waals surface area contributed by atoms with E-state index in [9.17, 15) is 14.8 Å². The molecule has 0 spiro atoms. The van der Waals surface area contributed by atoms with E-state index in [1.54, 1.807) is 0 Å². The van der Waals surface area contributed by atoms with Gasteiger partial charge in [-0.05, 0) is 26.9 Å². The first-order valence-corrected chi connectivity index (χ1v) is 5.64. The van der Waals surface area contributed by atoms with E-state index in [2.05, 4.69) is 6.92 Å². The summed E-state index contributed by atoms with van der Waals surface area (Å²) in [5.74, 6) is -0.397. The second-order valence-corrected chi connectivity index (χ2v) is 4.06. The summed E-state index contributed by atoms with van der Waals surface area (Å²) in [5.41, 5.74) is 0. The maximum Gasteiger partial charge on any atom is 0.260 e.